The number of unbranched alkanes of at least 4 members (excludes halogenated alkanes) is 16. The molecule has 296 valence electrons. The summed E-state index contributed by atoms with van der Waals surface area (Å²) in [6, 6.07) is 0. The van der Waals surface area contributed by atoms with E-state index in [1.54, 1.807) is 0 Å². The van der Waals surface area contributed by atoms with Crippen molar-refractivity contribution in [2.75, 3.05) is 6.54 Å². The lowest BCUT2D eigenvalue weighted by molar-refractivity contribution is 0.550. The molecule has 2 heteroatoms. The van der Waals surface area contributed by atoms with E-state index >= 15 is 0 Å². The minimum atomic E-state index is 0.545. The number of amidine groups is 1. The molecule has 0 aliphatic rings. The average Bonchev–Trinajstić information content (AvgIpc) is 3.05. The first-order valence-electron chi connectivity index (χ1n) is 21.3. The van der Waals surface area contributed by atoms with Crippen LogP contribution in [0.25, 0.3) is 0 Å². The Bertz CT molecular complexity index is 825. The molecule has 0 rings (SSSR count). The van der Waals surface area contributed by atoms with E-state index in [0.717, 1.165) is 32.2 Å². The molecule has 2 atom stereocenters. The van der Waals surface area contributed by atoms with Gasteiger partial charge >= 0.3 is 0 Å². The maximum atomic E-state index is 5.40. The summed E-state index contributed by atoms with van der Waals surface area (Å²) in [6.07, 6.45) is 32.1. The fourth-order valence-corrected chi connectivity index (χ4v) is 5.61. The van der Waals surface area contributed by atoms with Crippen molar-refractivity contribution in [2.24, 2.45) is 22.6 Å². The zero-order valence-corrected chi connectivity index (χ0v) is 36.4. The molecule has 2 nitrogen and oxygen atoms in total. The van der Waals surface area contributed by atoms with E-state index in [1.165, 1.54) is 156 Å². The number of aliphatic imine (C=N–C) groups is 1. The topological polar surface area (TPSA) is 38.4 Å². The molecule has 0 radical (unpaired) electrons. The molecule has 0 aromatic carbocycles. The molecule has 0 aromatic heterocycles. The van der Waals surface area contributed by atoms with E-state index in [4.69, 9.17) is 5.73 Å². The summed E-state index contributed by atoms with van der Waals surface area (Å²) in [4.78, 5) is 4.12. The van der Waals surface area contributed by atoms with Crippen LogP contribution in [0.1, 0.15) is 223 Å². The molecule has 50 heavy (non-hydrogen) atoms. The van der Waals surface area contributed by atoms with Crippen molar-refractivity contribution in [2.45, 2.75) is 223 Å². The minimum Gasteiger partial charge on any atom is -0.388 e. The second kappa shape index (κ2) is 43.3. The SMILES string of the molecule is C=C(C)CC(CC(=C)CCCCCCCCCCC)C(=C)C.C=C(C)CCCCCCCCCCC.C=C(C)[C@@H](C)CCCN=C(C)N.CC. The Morgan fingerprint density at radius 3 is 1.26 bits per heavy atom. The number of allylic oxidation sites excluding steroid dienone is 5. The zero-order valence-electron chi connectivity index (χ0n) is 36.4. The van der Waals surface area contributed by atoms with Crippen LogP contribution in [0.2, 0.25) is 0 Å². The van der Waals surface area contributed by atoms with Crippen LogP contribution in [0.4, 0.5) is 0 Å². The van der Waals surface area contributed by atoms with E-state index in [-0.39, 0.29) is 0 Å². The second-order valence-corrected chi connectivity index (χ2v) is 15.2. The van der Waals surface area contributed by atoms with Crippen LogP contribution < -0.4 is 5.73 Å². The van der Waals surface area contributed by atoms with E-state index in [1.807, 2.05) is 20.8 Å². The summed E-state index contributed by atoms with van der Waals surface area (Å²) in [5.74, 6) is 1.83. The number of nitrogens with zero attached hydrogens (tertiary/aromatic N) is 1. The Kier molecular flexibility index (Phi) is 47.6. The second-order valence-electron chi connectivity index (χ2n) is 15.2. The van der Waals surface area contributed by atoms with Crippen molar-refractivity contribution in [1.82, 2.24) is 0 Å². The normalized spacial score (nSPS) is 11.8. The first-order chi connectivity index (χ1) is 23.8. The van der Waals surface area contributed by atoms with Crippen molar-refractivity contribution in [3.8, 4) is 0 Å². The molecule has 0 heterocycles. The molecule has 0 bridgehead atoms. The lowest BCUT2D eigenvalue weighted by Crippen LogP contribution is -2.06. The van der Waals surface area contributed by atoms with Gasteiger partial charge in [0.15, 0.2) is 0 Å². The van der Waals surface area contributed by atoms with E-state index < -0.39 is 0 Å². The number of hydrogen-bond donors (Lipinski definition) is 1. The van der Waals surface area contributed by atoms with Gasteiger partial charge in [-0.3, -0.25) is 4.99 Å². The summed E-state index contributed by atoms with van der Waals surface area (Å²) in [5.41, 5.74) is 11.9. The highest BCUT2D eigenvalue weighted by molar-refractivity contribution is 5.77. The van der Waals surface area contributed by atoms with Crippen molar-refractivity contribution in [3.63, 3.8) is 0 Å². The molecule has 0 fully saturated rings. The molecule has 0 spiro atoms. The average molecular weight is 699 g/mol. The first kappa shape index (κ1) is 54.9. The number of nitrogens with two attached hydrogens (primary N) is 1. The third-order valence-electron chi connectivity index (χ3n) is 9.17. The van der Waals surface area contributed by atoms with Crippen molar-refractivity contribution >= 4 is 5.84 Å². The summed E-state index contributed by atoms with van der Waals surface area (Å²) < 4.78 is 0. The fraction of sp³-hybridized carbons (Fsp3) is 0.771. The standard InChI is InChI=1S/C22H40.C14H28.C10H20N2.C2H6/c1-7-8-9-10-11-12-13-14-15-16-21(6)18-22(20(4)5)17-19(2)3;1-4-5-6-7-8-9-10-11-12-13-14(2)3;1-8(2)9(3)6-5-7-12-10(4)11;1-2/h22H,2,4,6-18H2,1,3,5H3;2,4-13H2,1,3H3;9H,1,5-7H2,2-4H3,(H2,11,12);1-2H3/t;;9-;/m..0./s1. The van der Waals surface area contributed by atoms with E-state index in [2.05, 4.69) is 86.4 Å². The van der Waals surface area contributed by atoms with Gasteiger partial charge in [-0.25, -0.2) is 0 Å². The van der Waals surface area contributed by atoms with Gasteiger partial charge in [0.2, 0.25) is 0 Å². The van der Waals surface area contributed by atoms with E-state index in [0.29, 0.717) is 17.7 Å². The van der Waals surface area contributed by atoms with Crippen LogP contribution in [0.15, 0.2) is 65.8 Å². The molecule has 1 unspecified atom stereocenters. The minimum absolute atomic E-state index is 0.545. The van der Waals surface area contributed by atoms with Gasteiger partial charge in [0.1, 0.15) is 0 Å². The van der Waals surface area contributed by atoms with Gasteiger partial charge in [0.25, 0.3) is 0 Å². The third kappa shape index (κ3) is 50.5. The first-order valence-corrected chi connectivity index (χ1v) is 21.3. The number of hydrogen-bond acceptors (Lipinski definition) is 1. The van der Waals surface area contributed by atoms with Crippen molar-refractivity contribution in [1.29, 1.82) is 0 Å². The maximum Gasteiger partial charge on any atom is 0.0905 e. The molecular weight excluding hydrogens is 605 g/mol. The summed E-state index contributed by atoms with van der Waals surface area (Å²) in [5, 5.41) is 0. The molecule has 0 aliphatic heterocycles. The van der Waals surface area contributed by atoms with Crippen LogP contribution in [-0.2, 0) is 0 Å². The Morgan fingerprint density at radius 1 is 0.520 bits per heavy atom. The molecule has 0 saturated heterocycles. The number of rotatable bonds is 30. The fourth-order valence-electron chi connectivity index (χ4n) is 5.61. The summed E-state index contributed by atoms with van der Waals surface area (Å²) >= 11 is 0. The predicted octanol–water partition coefficient (Wildman–Crippen LogP) is 16.9. The smallest absolute Gasteiger partial charge is 0.0905 e. The van der Waals surface area contributed by atoms with Crippen LogP contribution in [0.5, 0.6) is 0 Å². The highest BCUT2D eigenvalue weighted by atomic mass is 14.8. The third-order valence-corrected chi connectivity index (χ3v) is 9.17. The van der Waals surface area contributed by atoms with Crippen LogP contribution in [0, 0.1) is 11.8 Å². The van der Waals surface area contributed by atoms with Gasteiger partial charge in [-0.2, -0.15) is 0 Å². The largest absolute Gasteiger partial charge is 0.388 e. The summed E-state index contributed by atoms with van der Waals surface area (Å²) in [6.45, 7) is 42.1. The van der Waals surface area contributed by atoms with Gasteiger partial charge in [0.05, 0.1) is 5.84 Å². The van der Waals surface area contributed by atoms with Crippen molar-refractivity contribution in [3.05, 3.63) is 60.8 Å². The molecular formula is C48H94N2. The zero-order chi connectivity index (χ0) is 39.0. The Labute approximate surface area is 318 Å². The molecule has 2 N–H and O–H groups in total. The van der Waals surface area contributed by atoms with E-state index in [9.17, 15) is 0 Å². The highest BCUT2D eigenvalue weighted by Crippen LogP contribution is 2.27. The molecule has 0 aromatic rings. The van der Waals surface area contributed by atoms with Crippen LogP contribution in [-0.4, -0.2) is 12.4 Å². The maximum absolute atomic E-state index is 5.40. The molecule has 0 saturated carbocycles. The molecule has 0 amide bonds. The van der Waals surface area contributed by atoms with Crippen molar-refractivity contribution < 1.29 is 0 Å². The highest BCUT2D eigenvalue weighted by Gasteiger charge is 2.11. The van der Waals surface area contributed by atoms with Gasteiger partial charge in [-0.15, -0.1) is 13.2 Å². The van der Waals surface area contributed by atoms with Gasteiger partial charge in [0, 0.05) is 6.54 Å². The Hall–Kier alpha value is -1.83. The lowest BCUT2D eigenvalue weighted by atomic mass is 9.87. The Balaban J connectivity index is -0.000000327. The quantitative estimate of drug-likeness (QED) is 0.0345. The monoisotopic (exact) mass is 699 g/mol. The van der Waals surface area contributed by atoms with Crippen LogP contribution >= 0.6 is 0 Å². The summed E-state index contributed by atoms with van der Waals surface area (Å²) in [7, 11) is 0. The van der Waals surface area contributed by atoms with Gasteiger partial charge < -0.3 is 5.73 Å². The van der Waals surface area contributed by atoms with Gasteiger partial charge in [-0.05, 0) is 97.8 Å². The van der Waals surface area contributed by atoms with Crippen LogP contribution in [0.3, 0.4) is 0 Å². The molecule has 0 aliphatic carbocycles. The predicted molar refractivity (Wildman–Crippen MR) is 237 cm³/mol. The lowest BCUT2D eigenvalue weighted by Gasteiger charge is -2.18. The van der Waals surface area contributed by atoms with Gasteiger partial charge in [-0.1, -0.05) is 185 Å². The Morgan fingerprint density at radius 2 is 0.920 bits per heavy atom.